The minimum Gasteiger partial charge on any atom is -0.369 e. The van der Waals surface area contributed by atoms with E-state index in [1.165, 1.54) is 11.1 Å². The number of nitrogens with zero attached hydrogens (tertiary/aromatic N) is 2. The summed E-state index contributed by atoms with van der Waals surface area (Å²) in [7, 11) is 0. The number of halogens is 1. The van der Waals surface area contributed by atoms with Gasteiger partial charge in [0.1, 0.15) is 0 Å². The molecule has 0 bridgehead atoms. The maximum atomic E-state index is 6.14. The van der Waals surface area contributed by atoms with Crippen molar-refractivity contribution in [3.63, 3.8) is 0 Å². The molecule has 2 N–H and O–H groups in total. The third kappa shape index (κ3) is 2.38. The molecule has 1 heterocycles. The molecule has 1 aliphatic heterocycles. The van der Waals surface area contributed by atoms with Crippen LogP contribution >= 0.6 is 11.6 Å². The lowest BCUT2D eigenvalue weighted by Gasteiger charge is -2.36. The standard InChI is InChI=1S/C17H18ClN3/c1-12-6-8-13(9-7-12)17(2)11-20-16(19)21(17)15-5-3-4-14(18)10-15/h3-10H,11H2,1-2H3,(H2,19,20). The van der Waals surface area contributed by atoms with Crippen LogP contribution in [-0.2, 0) is 5.54 Å². The molecule has 4 heteroatoms. The molecule has 21 heavy (non-hydrogen) atoms. The van der Waals surface area contributed by atoms with E-state index in [9.17, 15) is 0 Å². The lowest BCUT2D eigenvalue weighted by molar-refractivity contribution is 0.533. The van der Waals surface area contributed by atoms with E-state index in [1.807, 2.05) is 24.3 Å². The Balaban J connectivity index is 2.07. The van der Waals surface area contributed by atoms with Crippen LogP contribution in [0.3, 0.4) is 0 Å². The summed E-state index contributed by atoms with van der Waals surface area (Å²) in [6.07, 6.45) is 0. The van der Waals surface area contributed by atoms with Crippen LogP contribution in [0, 0.1) is 6.92 Å². The van der Waals surface area contributed by atoms with Crippen molar-refractivity contribution < 1.29 is 0 Å². The smallest absolute Gasteiger partial charge is 0.196 e. The summed E-state index contributed by atoms with van der Waals surface area (Å²) in [5, 5.41) is 0.693. The number of rotatable bonds is 2. The van der Waals surface area contributed by atoms with Gasteiger partial charge in [-0.2, -0.15) is 0 Å². The molecule has 0 spiro atoms. The Morgan fingerprint density at radius 3 is 2.57 bits per heavy atom. The Hall–Kier alpha value is -2.00. The number of guanidine groups is 1. The molecule has 0 fully saturated rings. The SMILES string of the molecule is Cc1ccc(C2(C)CN=C(N)N2c2cccc(Cl)c2)cc1. The van der Waals surface area contributed by atoms with Crippen LogP contribution in [0.2, 0.25) is 5.02 Å². The zero-order valence-corrected chi connectivity index (χ0v) is 12.9. The third-order valence-electron chi connectivity index (χ3n) is 4.01. The molecule has 1 aliphatic rings. The van der Waals surface area contributed by atoms with Gasteiger partial charge in [0.2, 0.25) is 0 Å². The molecular weight excluding hydrogens is 282 g/mol. The van der Waals surface area contributed by atoms with Crippen molar-refractivity contribution in [3.05, 3.63) is 64.7 Å². The van der Waals surface area contributed by atoms with Gasteiger partial charge < -0.3 is 10.6 Å². The Labute approximate surface area is 130 Å². The molecule has 3 rings (SSSR count). The number of benzene rings is 2. The van der Waals surface area contributed by atoms with Crippen LogP contribution in [0.25, 0.3) is 0 Å². The van der Waals surface area contributed by atoms with Crippen LogP contribution in [0.4, 0.5) is 5.69 Å². The predicted octanol–water partition coefficient (Wildman–Crippen LogP) is 3.70. The first kappa shape index (κ1) is 14.0. The van der Waals surface area contributed by atoms with Gasteiger partial charge in [0, 0.05) is 10.7 Å². The number of hydrogen-bond donors (Lipinski definition) is 1. The van der Waals surface area contributed by atoms with E-state index in [1.54, 1.807) is 0 Å². The van der Waals surface area contributed by atoms with E-state index >= 15 is 0 Å². The molecule has 0 saturated heterocycles. The fourth-order valence-corrected chi connectivity index (χ4v) is 2.98. The lowest BCUT2D eigenvalue weighted by atomic mass is 9.90. The number of hydrogen-bond acceptors (Lipinski definition) is 3. The molecule has 0 amide bonds. The molecule has 108 valence electrons. The zero-order valence-electron chi connectivity index (χ0n) is 12.2. The highest BCUT2D eigenvalue weighted by molar-refractivity contribution is 6.31. The summed E-state index contributed by atoms with van der Waals surface area (Å²) in [5.74, 6) is 0.528. The number of aryl methyl sites for hydroxylation is 1. The van der Waals surface area contributed by atoms with Crippen LogP contribution in [0.15, 0.2) is 53.5 Å². The minimum atomic E-state index is -0.289. The number of nitrogens with two attached hydrogens (primary N) is 1. The van der Waals surface area contributed by atoms with Gasteiger partial charge >= 0.3 is 0 Å². The second kappa shape index (κ2) is 5.08. The average molecular weight is 300 g/mol. The van der Waals surface area contributed by atoms with Crippen molar-refractivity contribution in [2.45, 2.75) is 19.4 Å². The second-order valence-corrected chi connectivity index (χ2v) is 6.07. The number of anilines is 1. The van der Waals surface area contributed by atoms with Gasteiger partial charge in [-0.3, -0.25) is 4.99 Å². The minimum absolute atomic E-state index is 0.289. The van der Waals surface area contributed by atoms with E-state index in [-0.39, 0.29) is 5.54 Å². The van der Waals surface area contributed by atoms with Crippen molar-refractivity contribution in [2.24, 2.45) is 10.7 Å². The van der Waals surface area contributed by atoms with Gasteiger partial charge in [-0.15, -0.1) is 0 Å². The highest BCUT2D eigenvalue weighted by Crippen LogP contribution is 2.37. The van der Waals surface area contributed by atoms with E-state index in [0.717, 1.165) is 5.69 Å². The normalized spacial score (nSPS) is 21.5. The summed E-state index contributed by atoms with van der Waals surface area (Å²) in [6, 6.07) is 16.2. The zero-order chi connectivity index (χ0) is 15.0. The second-order valence-electron chi connectivity index (χ2n) is 5.63. The topological polar surface area (TPSA) is 41.6 Å². The Morgan fingerprint density at radius 2 is 1.90 bits per heavy atom. The monoisotopic (exact) mass is 299 g/mol. The van der Waals surface area contributed by atoms with Crippen molar-refractivity contribution in [3.8, 4) is 0 Å². The maximum absolute atomic E-state index is 6.14. The highest BCUT2D eigenvalue weighted by atomic mass is 35.5. The molecular formula is C17H18ClN3. The first-order chi connectivity index (χ1) is 10.0. The number of aliphatic imine (C=N–C) groups is 1. The lowest BCUT2D eigenvalue weighted by Crippen LogP contribution is -2.47. The van der Waals surface area contributed by atoms with Crippen LogP contribution in [0.5, 0.6) is 0 Å². The molecule has 1 unspecified atom stereocenters. The Bertz CT molecular complexity index is 693. The van der Waals surface area contributed by atoms with Gasteiger partial charge in [0.25, 0.3) is 0 Å². The highest BCUT2D eigenvalue weighted by Gasteiger charge is 2.40. The van der Waals surface area contributed by atoms with Crippen LogP contribution in [-0.4, -0.2) is 12.5 Å². The summed E-state index contributed by atoms with van der Waals surface area (Å²) >= 11 is 6.12. The Morgan fingerprint density at radius 1 is 1.19 bits per heavy atom. The largest absolute Gasteiger partial charge is 0.369 e. The van der Waals surface area contributed by atoms with Crippen LogP contribution < -0.4 is 10.6 Å². The molecule has 0 radical (unpaired) electrons. The van der Waals surface area contributed by atoms with Crippen molar-refractivity contribution >= 4 is 23.2 Å². The van der Waals surface area contributed by atoms with E-state index < -0.39 is 0 Å². The fourth-order valence-electron chi connectivity index (χ4n) is 2.79. The predicted molar refractivity (Wildman–Crippen MR) is 89.0 cm³/mol. The summed E-state index contributed by atoms with van der Waals surface area (Å²) in [4.78, 5) is 6.51. The van der Waals surface area contributed by atoms with Crippen LogP contribution in [0.1, 0.15) is 18.1 Å². The van der Waals surface area contributed by atoms with Gasteiger partial charge in [0.05, 0.1) is 12.1 Å². The molecule has 2 aromatic rings. The molecule has 0 saturated carbocycles. The average Bonchev–Trinajstić information content (AvgIpc) is 2.76. The quantitative estimate of drug-likeness (QED) is 0.918. The van der Waals surface area contributed by atoms with Gasteiger partial charge in [-0.1, -0.05) is 47.5 Å². The van der Waals surface area contributed by atoms with E-state index in [0.29, 0.717) is 17.5 Å². The van der Waals surface area contributed by atoms with E-state index in [2.05, 4.69) is 48.0 Å². The van der Waals surface area contributed by atoms with Gasteiger partial charge in [-0.25, -0.2) is 0 Å². The fraction of sp³-hybridized carbons (Fsp3) is 0.235. The molecule has 3 nitrogen and oxygen atoms in total. The molecule has 2 aromatic carbocycles. The molecule has 1 atom stereocenters. The van der Waals surface area contributed by atoms with Gasteiger partial charge in [0.15, 0.2) is 5.96 Å². The third-order valence-corrected chi connectivity index (χ3v) is 4.25. The Kier molecular flexibility index (Phi) is 3.38. The molecule has 0 aromatic heterocycles. The first-order valence-corrected chi connectivity index (χ1v) is 7.31. The summed E-state index contributed by atoms with van der Waals surface area (Å²) in [6.45, 7) is 4.87. The van der Waals surface area contributed by atoms with Crippen molar-refractivity contribution in [1.29, 1.82) is 0 Å². The summed E-state index contributed by atoms with van der Waals surface area (Å²) < 4.78 is 0. The van der Waals surface area contributed by atoms with Crippen molar-refractivity contribution in [1.82, 2.24) is 0 Å². The summed E-state index contributed by atoms with van der Waals surface area (Å²) in [5.41, 5.74) is 9.24. The van der Waals surface area contributed by atoms with Gasteiger partial charge in [-0.05, 0) is 37.6 Å². The molecule has 0 aliphatic carbocycles. The van der Waals surface area contributed by atoms with Crippen molar-refractivity contribution in [2.75, 3.05) is 11.4 Å². The maximum Gasteiger partial charge on any atom is 0.196 e. The van der Waals surface area contributed by atoms with E-state index in [4.69, 9.17) is 17.3 Å². The first-order valence-electron chi connectivity index (χ1n) is 6.93.